The third-order valence-electron chi connectivity index (χ3n) is 6.61. The highest BCUT2D eigenvalue weighted by atomic mass is 16.3. The molecule has 1 N–H and O–H groups in total. The summed E-state index contributed by atoms with van der Waals surface area (Å²) in [5.74, 6) is 2.35. The molecule has 2 aliphatic rings. The Morgan fingerprint density at radius 1 is 0.893 bits per heavy atom. The maximum Gasteiger partial charge on any atom is 0.116 e. The Kier molecular flexibility index (Phi) is 6.86. The molecule has 0 radical (unpaired) electrons. The predicted octanol–water partition coefficient (Wildman–Crippen LogP) is 7.64. The standard InChI is InChI=1S/C15H22O.C12H16/c1-4-11-6-5-7-12-8-13(16)9-14(10(2)3)15(11)12;1-9(2)11-7-3-5-10-6-4-8-12(10)11/h8-11,16H,4-7H2,1-3H3;3,5,7,9H,4,6,8H2,1-2H3. The fraction of sp³-hybridized carbons (Fsp3) is 0.556. The number of phenols is 1. The Morgan fingerprint density at radius 3 is 2.29 bits per heavy atom. The van der Waals surface area contributed by atoms with Crippen molar-refractivity contribution in [3.8, 4) is 5.75 Å². The van der Waals surface area contributed by atoms with Gasteiger partial charge >= 0.3 is 0 Å². The van der Waals surface area contributed by atoms with Crippen molar-refractivity contribution < 1.29 is 5.11 Å². The van der Waals surface area contributed by atoms with E-state index in [9.17, 15) is 5.11 Å². The minimum atomic E-state index is 0.444. The van der Waals surface area contributed by atoms with Gasteiger partial charge in [0.2, 0.25) is 0 Å². The summed E-state index contributed by atoms with van der Waals surface area (Å²) in [6.45, 7) is 11.3. The molecule has 0 aliphatic heterocycles. The molecule has 0 saturated carbocycles. The van der Waals surface area contributed by atoms with Gasteiger partial charge in [-0.1, -0.05) is 52.8 Å². The van der Waals surface area contributed by atoms with Gasteiger partial charge in [0, 0.05) is 0 Å². The fourth-order valence-electron chi connectivity index (χ4n) is 5.18. The van der Waals surface area contributed by atoms with E-state index < -0.39 is 0 Å². The largest absolute Gasteiger partial charge is 0.508 e. The van der Waals surface area contributed by atoms with Crippen LogP contribution in [-0.4, -0.2) is 5.11 Å². The summed E-state index contributed by atoms with van der Waals surface area (Å²) in [6.07, 6.45) is 8.91. The van der Waals surface area contributed by atoms with Crippen LogP contribution in [0.5, 0.6) is 5.75 Å². The van der Waals surface area contributed by atoms with Crippen LogP contribution in [0.4, 0.5) is 0 Å². The SMILES string of the molecule is CC(C)c1cccc2c1CCC2.CCC1CCCc2cc(O)cc(C(C)C)c21. The maximum atomic E-state index is 9.78. The van der Waals surface area contributed by atoms with Gasteiger partial charge in [0.25, 0.3) is 0 Å². The highest BCUT2D eigenvalue weighted by Crippen LogP contribution is 2.40. The van der Waals surface area contributed by atoms with Crippen LogP contribution in [0.15, 0.2) is 30.3 Å². The summed E-state index contributed by atoms with van der Waals surface area (Å²) in [7, 11) is 0. The van der Waals surface area contributed by atoms with Gasteiger partial charge in [0.1, 0.15) is 5.75 Å². The second-order valence-corrected chi connectivity index (χ2v) is 9.25. The first-order valence-electron chi connectivity index (χ1n) is 11.4. The number of fused-ring (bicyclic) bond motifs is 2. The molecule has 1 nitrogen and oxygen atoms in total. The number of hydrogen-bond acceptors (Lipinski definition) is 1. The van der Waals surface area contributed by atoms with Crippen molar-refractivity contribution in [1.29, 1.82) is 0 Å². The lowest BCUT2D eigenvalue weighted by Crippen LogP contribution is -2.13. The maximum absolute atomic E-state index is 9.78. The Labute approximate surface area is 172 Å². The zero-order chi connectivity index (χ0) is 20.3. The van der Waals surface area contributed by atoms with E-state index in [0.29, 0.717) is 23.5 Å². The van der Waals surface area contributed by atoms with Gasteiger partial charge in [0.15, 0.2) is 0 Å². The molecule has 2 aromatic carbocycles. The average Bonchev–Trinajstić information content (AvgIpc) is 3.15. The summed E-state index contributed by atoms with van der Waals surface area (Å²) < 4.78 is 0. The smallest absolute Gasteiger partial charge is 0.116 e. The molecule has 0 saturated heterocycles. The minimum Gasteiger partial charge on any atom is -0.508 e. The van der Waals surface area contributed by atoms with Crippen molar-refractivity contribution >= 4 is 0 Å². The number of aryl methyl sites for hydroxylation is 2. The topological polar surface area (TPSA) is 20.2 Å². The van der Waals surface area contributed by atoms with Crippen molar-refractivity contribution in [2.75, 3.05) is 0 Å². The third kappa shape index (κ3) is 4.45. The number of rotatable bonds is 3. The first-order chi connectivity index (χ1) is 13.4. The normalized spacial score (nSPS) is 17.9. The van der Waals surface area contributed by atoms with Gasteiger partial charge < -0.3 is 5.11 Å². The molecule has 0 spiro atoms. The highest BCUT2D eigenvalue weighted by molar-refractivity contribution is 5.46. The fourth-order valence-corrected chi connectivity index (χ4v) is 5.18. The van der Waals surface area contributed by atoms with Crippen molar-refractivity contribution in [3.63, 3.8) is 0 Å². The van der Waals surface area contributed by atoms with E-state index in [2.05, 4.69) is 52.8 Å². The van der Waals surface area contributed by atoms with Crippen LogP contribution in [-0.2, 0) is 19.3 Å². The van der Waals surface area contributed by atoms with Gasteiger partial charge in [-0.2, -0.15) is 0 Å². The van der Waals surface area contributed by atoms with Crippen molar-refractivity contribution in [1.82, 2.24) is 0 Å². The van der Waals surface area contributed by atoms with Gasteiger partial charge in [-0.3, -0.25) is 0 Å². The van der Waals surface area contributed by atoms with Gasteiger partial charge in [-0.05, 0) is 108 Å². The Bertz CT molecular complexity index is 800. The quantitative estimate of drug-likeness (QED) is 0.581. The molecule has 2 aromatic rings. The first-order valence-corrected chi connectivity index (χ1v) is 11.4. The summed E-state index contributed by atoms with van der Waals surface area (Å²) in [5.41, 5.74) is 9.11. The van der Waals surface area contributed by atoms with Crippen LogP contribution in [0.1, 0.15) is 111 Å². The van der Waals surface area contributed by atoms with E-state index in [1.165, 1.54) is 49.7 Å². The lowest BCUT2D eigenvalue weighted by molar-refractivity contribution is 0.467. The number of phenolic OH excluding ortho intramolecular Hbond substituents is 1. The molecule has 1 atom stereocenters. The molecular formula is C27H38O. The lowest BCUT2D eigenvalue weighted by atomic mass is 9.76. The monoisotopic (exact) mass is 378 g/mol. The Morgan fingerprint density at radius 2 is 1.61 bits per heavy atom. The van der Waals surface area contributed by atoms with Crippen molar-refractivity contribution in [3.05, 3.63) is 63.7 Å². The van der Waals surface area contributed by atoms with Crippen LogP contribution in [0.2, 0.25) is 0 Å². The molecule has 1 unspecified atom stereocenters. The molecule has 28 heavy (non-hydrogen) atoms. The zero-order valence-corrected chi connectivity index (χ0v) is 18.5. The number of benzene rings is 2. The van der Waals surface area contributed by atoms with Crippen LogP contribution in [0.3, 0.4) is 0 Å². The molecule has 1 heteroatoms. The van der Waals surface area contributed by atoms with Crippen molar-refractivity contribution in [2.24, 2.45) is 0 Å². The van der Waals surface area contributed by atoms with Gasteiger partial charge in [0.05, 0.1) is 0 Å². The highest BCUT2D eigenvalue weighted by Gasteiger charge is 2.23. The molecule has 0 aromatic heterocycles. The molecular weight excluding hydrogens is 340 g/mol. The van der Waals surface area contributed by atoms with E-state index in [1.54, 1.807) is 22.3 Å². The molecule has 152 valence electrons. The molecule has 0 amide bonds. The Hall–Kier alpha value is -1.76. The van der Waals surface area contributed by atoms with E-state index in [1.807, 2.05) is 12.1 Å². The summed E-state index contributed by atoms with van der Waals surface area (Å²) >= 11 is 0. The van der Waals surface area contributed by atoms with Crippen molar-refractivity contribution in [2.45, 2.75) is 97.3 Å². The molecule has 2 aliphatic carbocycles. The minimum absolute atomic E-state index is 0.444. The van der Waals surface area contributed by atoms with E-state index in [-0.39, 0.29) is 0 Å². The molecule has 0 bridgehead atoms. The second-order valence-electron chi connectivity index (χ2n) is 9.25. The van der Waals surface area contributed by atoms with Gasteiger partial charge in [-0.25, -0.2) is 0 Å². The van der Waals surface area contributed by atoms with E-state index >= 15 is 0 Å². The second kappa shape index (κ2) is 9.16. The molecule has 0 fully saturated rings. The summed E-state index contributed by atoms with van der Waals surface area (Å²) in [6, 6.07) is 10.7. The third-order valence-corrected chi connectivity index (χ3v) is 6.61. The van der Waals surface area contributed by atoms with E-state index in [4.69, 9.17) is 0 Å². The Balaban J connectivity index is 0.000000167. The first kappa shape index (κ1) is 21.0. The average molecular weight is 379 g/mol. The lowest BCUT2D eigenvalue weighted by Gasteiger charge is -2.29. The molecule has 4 rings (SSSR count). The summed E-state index contributed by atoms with van der Waals surface area (Å²) in [5, 5.41) is 9.78. The predicted molar refractivity (Wildman–Crippen MR) is 121 cm³/mol. The van der Waals surface area contributed by atoms with Crippen LogP contribution in [0.25, 0.3) is 0 Å². The number of aromatic hydroxyl groups is 1. The van der Waals surface area contributed by atoms with Gasteiger partial charge in [-0.15, -0.1) is 0 Å². The number of hydrogen-bond donors (Lipinski definition) is 1. The van der Waals surface area contributed by atoms with Crippen LogP contribution < -0.4 is 0 Å². The van der Waals surface area contributed by atoms with Crippen LogP contribution >= 0.6 is 0 Å². The van der Waals surface area contributed by atoms with Crippen LogP contribution in [0, 0.1) is 0 Å². The van der Waals surface area contributed by atoms with E-state index in [0.717, 1.165) is 6.42 Å². The zero-order valence-electron chi connectivity index (χ0n) is 18.5. The summed E-state index contributed by atoms with van der Waals surface area (Å²) in [4.78, 5) is 0. The molecule has 0 heterocycles.